The largest absolute Gasteiger partial charge is 0.497 e. The Hall–Kier alpha value is -1.29. The lowest BCUT2D eigenvalue weighted by atomic mass is 10.2. The number of aromatic amines is 1. The molecular formula is C8H8N2OS. The van der Waals surface area contributed by atoms with Crippen LogP contribution in [-0.4, -0.2) is 15.9 Å². The Kier molecular flexibility index (Phi) is 1.83. The molecule has 12 heavy (non-hydrogen) atoms. The molecule has 0 saturated carbocycles. The fourth-order valence-corrected chi connectivity index (χ4v) is 1.38. The first-order valence-electron chi connectivity index (χ1n) is 3.54. The van der Waals surface area contributed by atoms with Crippen molar-refractivity contribution in [1.82, 2.24) is 8.75 Å². The molecule has 0 bridgehead atoms. The van der Waals surface area contributed by atoms with E-state index < -0.39 is 0 Å². The van der Waals surface area contributed by atoms with Crippen LogP contribution in [0.3, 0.4) is 0 Å². The molecule has 1 aromatic carbocycles. The summed E-state index contributed by atoms with van der Waals surface area (Å²) in [5, 5.41) is 0. The van der Waals surface area contributed by atoms with Gasteiger partial charge in [-0.05, 0) is 12.1 Å². The summed E-state index contributed by atoms with van der Waals surface area (Å²) in [5.41, 5.74) is 1.06. The van der Waals surface area contributed by atoms with Gasteiger partial charge in [0.25, 0.3) is 0 Å². The lowest BCUT2D eigenvalue weighted by Crippen LogP contribution is -1.89. The third-order valence-corrected chi connectivity index (χ3v) is 2.18. The van der Waals surface area contributed by atoms with Crippen LogP contribution in [0.2, 0.25) is 0 Å². The van der Waals surface area contributed by atoms with E-state index >= 15 is 0 Å². The SMILES string of the molecule is COc1cccc(-c2ns[nH]2)c1. The maximum absolute atomic E-state index is 5.08. The number of methoxy groups -OCH3 is 1. The molecule has 0 aliphatic heterocycles. The summed E-state index contributed by atoms with van der Waals surface area (Å²) in [7, 11) is 1.66. The van der Waals surface area contributed by atoms with E-state index in [0.29, 0.717) is 0 Å². The Bertz CT molecular complexity index is 357. The van der Waals surface area contributed by atoms with Crippen molar-refractivity contribution in [2.24, 2.45) is 0 Å². The minimum Gasteiger partial charge on any atom is -0.497 e. The van der Waals surface area contributed by atoms with Crippen molar-refractivity contribution >= 4 is 11.7 Å². The predicted molar refractivity (Wildman–Crippen MR) is 48.5 cm³/mol. The summed E-state index contributed by atoms with van der Waals surface area (Å²) in [6.45, 7) is 0. The van der Waals surface area contributed by atoms with Crippen molar-refractivity contribution < 1.29 is 4.74 Å². The van der Waals surface area contributed by atoms with Crippen LogP contribution in [0.4, 0.5) is 0 Å². The van der Waals surface area contributed by atoms with Gasteiger partial charge in [-0.1, -0.05) is 12.1 Å². The third kappa shape index (κ3) is 1.21. The molecule has 2 aromatic rings. The second-order valence-corrected chi connectivity index (χ2v) is 2.93. The number of nitrogens with one attached hydrogen (secondary N) is 1. The van der Waals surface area contributed by atoms with Gasteiger partial charge in [-0.25, -0.2) is 0 Å². The number of hydrogen-bond acceptors (Lipinski definition) is 3. The number of benzene rings is 1. The minimum atomic E-state index is 0.855. The van der Waals surface area contributed by atoms with Crippen LogP contribution in [0.15, 0.2) is 24.3 Å². The van der Waals surface area contributed by atoms with Crippen molar-refractivity contribution in [2.45, 2.75) is 0 Å². The first kappa shape index (κ1) is 7.36. The highest BCUT2D eigenvalue weighted by molar-refractivity contribution is 7.00. The molecule has 0 aliphatic rings. The quantitative estimate of drug-likeness (QED) is 0.768. The average Bonchev–Trinajstić information content (AvgIpc) is 2.02. The van der Waals surface area contributed by atoms with Crippen molar-refractivity contribution in [3.63, 3.8) is 0 Å². The highest BCUT2D eigenvalue weighted by atomic mass is 32.1. The zero-order valence-corrected chi connectivity index (χ0v) is 7.39. The lowest BCUT2D eigenvalue weighted by Gasteiger charge is -2.03. The Balaban J connectivity index is 2.37. The van der Waals surface area contributed by atoms with Gasteiger partial charge in [0, 0.05) is 17.3 Å². The highest BCUT2D eigenvalue weighted by Crippen LogP contribution is 2.21. The van der Waals surface area contributed by atoms with Crippen LogP contribution in [-0.2, 0) is 0 Å². The van der Waals surface area contributed by atoms with E-state index in [-0.39, 0.29) is 0 Å². The summed E-state index contributed by atoms with van der Waals surface area (Å²) in [5.74, 6) is 1.77. The van der Waals surface area contributed by atoms with Gasteiger partial charge in [-0.3, -0.25) is 4.37 Å². The van der Waals surface area contributed by atoms with Crippen molar-refractivity contribution in [3.05, 3.63) is 24.3 Å². The van der Waals surface area contributed by atoms with E-state index in [1.807, 2.05) is 24.3 Å². The second kappa shape index (κ2) is 2.98. The zero-order valence-electron chi connectivity index (χ0n) is 6.57. The molecule has 4 heteroatoms. The summed E-state index contributed by atoms with van der Waals surface area (Å²) < 4.78 is 12.2. The van der Waals surface area contributed by atoms with Crippen molar-refractivity contribution in [1.29, 1.82) is 0 Å². The van der Waals surface area contributed by atoms with E-state index in [0.717, 1.165) is 17.1 Å². The van der Waals surface area contributed by atoms with E-state index in [4.69, 9.17) is 4.74 Å². The van der Waals surface area contributed by atoms with E-state index in [1.54, 1.807) is 7.11 Å². The molecule has 3 nitrogen and oxygen atoms in total. The smallest absolute Gasteiger partial charge is 0.162 e. The van der Waals surface area contributed by atoms with E-state index in [1.165, 1.54) is 11.7 Å². The number of hydrogen-bond donors (Lipinski definition) is 1. The van der Waals surface area contributed by atoms with Gasteiger partial charge in [-0.15, -0.1) is 0 Å². The number of rotatable bonds is 2. The first-order chi connectivity index (χ1) is 5.90. The lowest BCUT2D eigenvalue weighted by molar-refractivity contribution is 0.415. The Labute approximate surface area is 74.3 Å². The first-order valence-corrected chi connectivity index (χ1v) is 4.32. The topological polar surface area (TPSA) is 37.9 Å². The van der Waals surface area contributed by atoms with Crippen LogP contribution in [0.1, 0.15) is 0 Å². The van der Waals surface area contributed by atoms with Gasteiger partial charge >= 0.3 is 0 Å². The molecule has 0 spiro atoms. The molecule has 0 saturated heterocycles. The fourth-order valence-electron chi connectivity index (χ4n) is 0.973. The second-order valence-electron chi connectivity index (χ2n) is 2.37. The third-order valence-electron chi connectivity index (χ3n) is 1.62. The molecule has 0 fully saturated rings. The van der Waals surface area contributed by atoms with Crippen LogP contribution < -0.4 is 4.74 Å². The molecule has 0 radical (unpaired) electrons. The normalized spacial score (nSPS) is 10.1. The monoisotopic (exact) mass is 180 g/mol. The molecule has 1 N–H and O–H groups in total. The predicted octanol–water partition coefficient (Wildman–Crippen LogP) is 2.15. The molecule has 0 atom stereocenters. The molecule has 0 amide bonds. The van der Waals surface area contributed by atoms with Crippen LogP contribution in [0.5, 0.6) is 5.75 Å². The summed E-state index contributed by atoms with van der Waals surface area (Å²) in [4.78, 5) is 0. The van der Waals surface area contributed by atoms with Crippen LogP contribution in [0.25, 0.3) is 11.4 Å². The van der Waals surface area contributed by atoms with Crippen LogP contribution in [0, 0.1) is 0 Å². The summed E-state index contributed by atoms with van der Waals surface area (Å²) in [6.07, 6.45) is 0. The van der Waals surface area contributed by atoms with Gasteiger partial charge in [0.1, 0.15) is 5.75 Å². The molecule has 0 aliphatic carbocycles. The maximum Gasteiger partial charge on any atom is 0.162 e. The maximum atomic E-state index is 5.08. The Morgan fingerprint density at radius 2 is 2.33 bits per heavy atom. The van der Waals surface area contributed by atoms with Gasteiger partial charge in [-0.2, -0.15) is 4.37 Å². The van der Waals surface area contributed by atoms with Crippen molar-refractivity contribution in [3.8, 4) is 17.1 Å². The molecule has 1 heterocycles. The molecule has 2 rings (SSSR count). The van der Waals surface area contributed by atoms with Crippen molar-refractivity contribution in [2.75, 3.05) is 7.11 Å². The molecular weight excluding hydrogens is 172 g/mol. The van der Waals surface area contributed by atoms with Gasteiger partial charge in [0.2, 0.25) is 0 Å². The fraction of sp³-hybridized carbons (Fsp3) is 0.125. The molecule has 62 valence electrons. The standard InChI is InChI=1S/C8H8N2OS/c1-11-7-4-2-3-6(5-7)8-9-12-10-8/h2-5H,1H3,(H,9,10). The van der Waals surface area contributed by atoms with E-state index in [9.17, 15) is 0 Å². The number of H-pyrrole nitrogens is 1. The van der Waals surface area contributed by atoms with E-state index in [2.05, 4.69) is 8.75 Å². The molecule has 0 unspecified atom stereocenters. The van der Waals surface area contributed by atoms with Gasteiger partial charge in [0.05, 0.1) is 7.11 Å². The Morgan fingerprint density at radius 1 is 1.50 bits per heavy atom. The van der Waals surface area contributed by atoms with Gasteiger partial charge in [0.15, 0.2) is 5.82 Å². The number of ether oxygens (including phenoxy) is 1. The highest BCUT2D eigenvalue weighted by Gasteiger charge is 2.02. The van der Waals surface area contributed by atoms with Gasteiger partial charge < -0.3 is 4.74 Å². The number of nitrogens with zero attached hydrogens (tertiary/aromatic N) is 1. The Morgan fingerprint density at radius 3 is 2.92 bits per heavy atom. The summed E-state index contributed by atoms with van der Waals surface area (Å²) >= 11 is 1.35. The zero-order chi connectivity index (χ0) is 8.39. The molecule has 1 aromatic heterocycles. The summed E-state index contributed by atoms with van der Waals surface area (Å²) in [6, 6.07) is 7.80. The minimum absolute atomic E-state index is 0.855. The number of aromatic nitrogens is 2. The van der Waals surface area contributed by atoms with Crippen LogP contribution >= 0.6 is 11.7 Å². The average molecular weight is 180 g/mol.